The minimum absolute atomic E-state index is 0.0365. The van der Waals surface area contributed by atoms with E-state index < -0.39 is 23.3 Å². The van der Waals surface area contributed by atoms with Crippen molar-refractivity contribution in [2.24, 2.45) is 11.3 Å². The molecule has 5 nitrogen and oxygen atoms in total. The van der Waals surface area contributed by atoms with Gasteiger partial charge in [0.1, 0.15) is 5.41 Å². The quantitative estimate of drug-likeness (QED) is 0.507. The SMILES string of the molecule is CCC1CC=CCC12C(=O)NC(=O)NC2=O. The van der Waals surface area contributed by atoms with Gasteiger partial charge in [-0.2, -0.15) is 0 Å². The maximum Gasteiger partial charge on any atom is 0.328 e. The van der Waals surface area contributed by atoms with Crippen LogP contribution in [0.3, 0.4) is 0 Å². The van der Waals surface area contributed by atoms with E-state index >= 15 is 0 Å². The molecule has 1 unspecified atom stereocenters. The Hall–Kier alpha value is -1.65. The summed E-state index contributed by atoms with van der Waals surface area (Å²) in [5.41, 5.74) is -1.09. The number of nitrogens with one attached hydrogen (secondary N) is 2. The summed E-state index contributed by atoms with van der Waals surface area (Å²) in [6.45, 7) is 1.95. The van der Waals surface area contributed by atoms with Crippen LogP contribution in [0.4, 0.5) is 4.79 Å². The van der Waals surface area contributed by atoms with Gasteiger partial charge >= 0.3 is 6.03 Å². The number of amides is 4. The number of hydrogen-bond donors (Lipinski definition) is 2. The zero-order chi connectivity index (χ0) is 11.8. The van der Waals surface area contributed by atoms with E-state index in [9.17, 15) is 14.4 Å². The Morgan fingerprint density at radius 2 is 1.88 bits per heavy atom. The highest BCUT2D eigenvalue weighted by molar-refractivity contribution is 6.19. The number of urea groups is 1. The summed E-state index contributed by atoms with van der Waals surface area (Å²) < 4.78 is 0. The lowest BCUT2D eigenvalue weighted by molar-refractivity contribution is -0.148. The summed E-state index contributed by atoms with van der Waals surface area (Å²) in [5.74, 6) is -0.958. The van der Waals surface area contributed by atoms with E-state index in [1.165, 1.54) is 0 Å². The maximum absolute atomic E-state index is 11.9. The monoisotopic (exact) mass is 222 g/mol. The van der Waals surface area contributed by atoms with Crippen LogP contribution in [0.5, 0.6) is 0 Å². The van der Waals surface area contributed by atoms with Gasteiger partial charge in [-0.3, -0.25) is 20.2 Å². The highest BCUT2D eigenvalue weighted by Crippen LogP contribution is 2.41. The molecular formula is C11H14N2O3. The minimum Gasteiger partial charge on any atom is -0.277 e. The lowest BCUT2D eigenvalue weighted by atomic mass is 9.65. The topological polar surface area (TPSA) is 75.3 Å². The van der Waals surface area contributed by atoms with Crippen molar-refractivity contribution in [3.05, 3.63) is 12.2 Å². The highest BCUT2D eigenvalue weighted by Gasteiger charge is 2.54. The third-order valence-electron chi connectivity index (χ3n) is 3.48. The van der Waals surface area contributed by atoms with Crippen LogP contribution in [0.2, 0.25) is 0 Å². The minimum atomic E-state index is -1.09. The highest BCUT2D eigenvalue weighted by atomic mass is 16.2. The van der Waals surface area contributed by atoms with Crippen molar-refractivity contribution in [2.45, 2.75) is 26.2 Å². The van der Waals surface area contributed by atoms with Crippen molar-refractivity contribution in [1.82, 2.24) is 10.6 Å². The van der Waals surface area contributed by atoms with Crippen molar-refractivity contribution < 1.29 is 14.4 Å². The van der Waals surface area contributed by atoms with Gasteiger partial charge in [0.25, 0.3) is 0 Å². The smallest absolute Gasteiger partial charge is 0.277 e. The summed E-state index contributed by atoms with van der Waals surface area (Å²) in [6.07, 6.45) is 5.62. The molecule has 1 saturated heterocycles. The number of hydrogen-bond acceptors (Lipinski definition) is 3. The van der Waals surface area contributed by atoms with Gasteiger partial charge in [-0.15, -0.1) is 0 Å². The second-order valence-corrected chi connectivity index (χ2v) is 4.23. The van der Waals surface area contributed by atoms with Gasteiger partial charge in [0.05, 0.1) is 0 Å². The molecule has 2 aliphatic rings. The number of barbiturate groups is 1. The normalized spacial score (nSPS) is 27.8. The molecule has 0 radical (unpaired) electrons. The molecule has 1 spiro atoms. The first kappa shape index (κ1) is 10.9. The molecule has 2 rings (SSSR count). The van der Waals surface area contributed by atoms with Crippen LogP contribution in [0.25, 0.3) is 0 Å². The molecule has 0 aromatic rings. The zero-order valence-electron chi connectivity index (χ0n) is 9.08. The molecule has 0 bridgehead atoms. The standard InChI is InChI=1S/C11H14N2O3/c1-2-7-5-3-4-6-11(7)8(14)12-10(16)13-9(11)15/h3-4,7H,2,5-6H2,1H3,(H2,12,13,14,15,16). The third kappa shape index (κ3) is 1.35. The van der Waals surface area contributed by atoms with Gasteiger partial charge in [-0.25, -0.2) is 4.79 Å². The molecule has 86 valence electrons. The van der Waals surface area contributed by atoms with Crippen molar-refractivity contribution in [1.29, 1.82) is 0 Å². The second kappa shape index (κ2) is 3.73. The van der Waals surface area contributed by atoms with Crippen LogP contribution in [0.15, 0.2) is 12.2 Å². The largest absolute Gasteiger partial charge is 0.328 e. The Morgan fingerprint density at radius 1 is 1.25 bits per heavy atom. The fourth-order valence-electron chi connectivity index (χ4n) is 2.53. The van der Waals surface area contributed by atoms with Gasteiger partial charge in [0.15, 0.2) is 0 Å². The molecular weight excluding hydrogens is 208 g/mol. The Morgan fingerprint density at radius 3 is 2.44 bits per heavy atom. The third-order valence-corrected chi connectivity index (χ3v) is 3.48. The molecule has 0 aromatic carbocycles. The van der Waals surface area contributed by atoms with Crippen LogP contribution in [-0.4, -0.2) is 17.8 Å². The first-order chi connectivity index (χ1) is 7.61. The zero-order valence-corrected chi connectivity index (χ0v) is 9.08. The number of carbonyl (C=O) groups is 3. The van der Waals surface area contributed by atoms with E-state index in [4.69, 9.17) is 0 Å². The number of carbonyl (C=O) groups excluding carboxylic acids is 3. The first-order valence-corrected chi connectivity index (χ1v) is 5.43. The molecule has 0 aromatic heterocycles. The predicted molar refractivity (Wildman–Crippen MR) is 56.3 cm³/mol. The summed E-state index contributed by atoms with van der Waals surface area (Å²) in [4.78, 5) is 34.9. The number of imide groups is 2. The number of rotatable bonds is 1. The van der Waals surface area contributed by atoms with Gasteiger partial charge in [-0.1, -0.05) is 25.5 Å². The average molecular weight is 222 g/mol. The molecule has 4 amide bonds. The summed E-state index contributed by atoms with van der Waals surface area (Å²) >= 11 is 0. The second-order valence-electron chi connectivity index (χ2n) is 4.23. The summed E-state index contributed by atoms with van der Waals surface area (Å²) in [6, 6.07) is -0.718. The van der Waals surface area contributed by atoms with Crippen LogP contribution in [-0.2, 0) is 9.59 Å². The summed E-state index contributed by atoms with van der Waals surface area (Å²) in [5, 5.41) is 4.38. The maximum atomic E-state index is 11.9. The fourth-order valence-corrected chi connectivity index (χ4v) is 2.53. The molecule has 1 heterocycles. The van der Waals surface area contributed by atoms with Crippen molar-refractivity contribution in [2.75, 3.05) is 0 Å². The lowest BCUT2D eigenvalue weighted by Gasteiger charge is -2.40. The van der Waals surface area contributed by atoms with Crippen LogP contribution in [0, 0.1) is 11.3 Å². The van der Waals surface area contributed by atoms with E-state index in [0.717, 1.165) is 6.42 Å². The molecule has 1 atom stereocenters. The van der Waals surface area contributed by atoms with Crippen molar-refractivity contribution >= 4 is 17.8 Å². The molecule has 1 aliphatic carbocycles. The molecule has 0 saturated carbocycles. The van der Waals surface area contributed by atoms with E-state index in [-0.39, 0.29) is 5.92 Å². The Labute approximate surface area is 93.3 Å². The van der Waals surface area contributed by atoms with Crippen molar-refractivity contribution in [3.63, 3.8) is 0 Å². The van der Waals surface area contributed by atoms with Crippen LogP contribution in [0.1, 0.15) is 26.2 Å². The molecule has 2 N–H and O–H groups in total. The Kier molecular flexibility index (Phi) is 2.53. The molecule has 1 fully saturated rings. The van der Waals surface area contributed by atoms with Gasteiger partial charge in [0, 0.05) is 0 Å². The Bertz CT molecular complexity index is 367. The van der Waals surface area contributed by atoms with Gasteiger partial charge < -0.3 is 0 Å². The van der Waals surface area contributed by atoms with Gasteiger partial charge in [-0.05, 0) is 18.8 Å². The molecule has 5 heteroatoms. The van der Waals surface area contributed by atoms with Crippen LogP contribution < -0.4 is 10.6 Å². The van der Waals surface area contributed by atoms with E-state index in [0.29, 0.717) is 12.8 Å². The van der Waals surface area contributed by atoms with E-state index in [2.05, 4.69) is 10.6 Å². The lowest BCUT2D eigenvalue weighted by Crippen LogP contribution is -2.65. The fraction of sp³-hybridized carbons (Fsp3) is 0.545. The van der Waals surface area contributed by atoms with Gasteiger partial charge in [0.2, 0.25) is 11.8 Å². The van der Waals surface area contributed by atoms with Crippen molar-refractivity contribution in [3.8, 4) is 0 Å². The average Bonchev–Trinajstić information content (AvgIpc) is 2.26. The van der Waals surface area contributed by atoms with E-state index in [1.807, 2.05) is 19.1 Å². The van der Waals surface area contributed by atoms with E-state index in [1.54, 1.807) is 0 Å². The summed E-state index contributed by atoms with van der Waals surface area (Å²) in [7, 11) is 0. The number of allylic oxidation sites excluding steroid dienone is 2. The Balaban J connectivity index is 2.41. The first-order valence-electron chi connectivity index (χ1n) is 5.43. The molecule has 16 heavy (non-hydrogen) atoms. The van der Waals surface area contributed by atoms with Crippen LogP contribution >= 0.6 is 0 Å². The predicted octanol–water partition coefficient (Wildman–Crippen LogP) is 0.715. The molecule has 1 aliphatic heterocycles.